The number of ketones is 1. The maximum Gasteiger partial charge on any atom is 0.129 e. The first-order valence-electron chi connectivity index (χ1n) is 9.78. The highest BCUT2D eigenvalue weighted by Crippen LogP contribution is 2.55. The molecule has 0 aliphatic heterocycles. The van der Waals surface area contributed by atoms with E-state index in [0.29, 0.717) is 12.2 Å². The number of unbranched alkanes of at least 4 members (excludes halogenated alkanes) is 2. The van der Waals surface area contributed by atoms with E-state index in [0.717, 1.165) is 25.4 Å². The first kappa shape index (κ1) is 19.5. The average Bonchev–Trinajstić information content (AvgIpc) is 2.73. The first-order chi connectivity index (χ1) is 13.2. The van der Waals surface area contributed by atoms with Gasteiger partial charge in [0.15, 0.2) is 0 Å². The third kappa shape index (κ3) is 4.73. The summed E-state index contributed by atoms with van der Waals surface area (Å²) in [5.41, 5.74) is 0. The zero-order chi connectivity index (χ0) is 19.0. The number of benzene rings is 3. The molecule has 0 amide bonds. The van der Waals surface area contributed by atoms with Crippen molar-refractivity contribution in [3.05, 3.63) is 91.0 Å². The molecule has 0 spiro atoms. The van der Waals surface area contributed by atoms with Crippen LogP contribution in [0, 0.1) is 0 Å². The highest BCUT2D eigenvalue weighted by atomic mass is 31.2. The lowest BCUT2D eigenvalue weighted by Gasteiger charge is -2.27. The summed E-state index contributed by atoms with van der Waals surface area (Å²) in [5, 5.41) is 4.32. The molecule has 0 unspecified atom stereocenters. The molecule has 0 atom stereocenters. The normalized spacial score (nSPS) is 11.3. The minimum absolute atomic E-state index is 0.297. The van der Waals surface area contributed by atoms with Gasteiger partial charge in [-0.25, -0.2) is 0 Å². The summed E-state index contributed by atoms with van der Waals surface area (Å²) in [5.74, 6) is 0.297. The lowest BCUT2D eigenvalue weighted by molar-refractivity contribution is -0.117. The van der Waals surface area contributed by atoms with Crippen LogP contribution in [-0.2, 0) is 4.79 Å². The van der Waals surface area contributed by atoms with Crippen LogP contribution in [0.4, 0.5) is 0 Å². The quantitative estimate of drug-likeness (QED) is 0.374. The average molecular weight is 375 g/mol. The molecule has 27 heavy (non-hydrogen) atoms. The molecule has 0 radical (unpaired) electrons. The zero-order valence-electron chi connectivity index (χ0n) is 16.1. The molecule has 0 fully saturated rings. The van der Waals surface area contributed by atoms with E-state index >= 15 is 0 Å². The summed E-state index contributed by atoms with van der Waals surface area (Å²) in [6, 6.07) is 33.0. The van der Waals surface area contributed by atoms with Gasteiger partial charge in [-0.15, -0.1) is 0 Å². The van der Waals surface area contributed by atoms with E-state index in [1.165, 1.54) is 15.9 Å². The number of rotatable bonds is 9. The molecule has 0 aliphatic carbocycles. The Bertz CT molecular complexity index is 731. The summed E-state index contributed by atoms with van der Waals surface area (Å²) in [7, 11) is -1.70. The number of carbonyl (C=O) groups excluding carboxylic acids is 1. The van der Waals surface area contributed by atoms with Crippen molar-refractivity contribution in [3.63, 3.8) is 0 Å². The fraction of sp³-hybridized carbons (Fsp3) is 0.240. The molecule has 138 valence electrons. The SMILES string of the molecule is CC(=O)CCCCC[P+](c1ccccc1)(c1ccccc1)c1ccccc1. The highest BCUT2D eigenvalue weighted by molar-refractivity contribution is 7.95. The molecule has 0 aliphatic rings. The highest BCUT2D eigenvalue weighted by Gasteiger charge is 2.44. The Kier molecular flexibility index (Phi) is 6.96. The van der Waals surface area contributed by atoms with Gasteiger partial charge in [-0.2, -0.15) is 0 Å². The number of hydrogen-bond acceptors (Lipinski definition) is 1. The third-order valence-corrected chi connectivity index (χ3v) is 9.64. The molecule has 0 saturated heterocycles. The van der Waals surface area contributed by atoms with Crippen molar-refractivity contribution in [2.24, 2.45) is 0 Å². The molecule has 0 saturated carbocycles. The van der Waals surface area contributed by atoms with Crippen LogP contribution in [0.5, 0.6) is 0 Å². The third-order valence-electron chi connectivity index (χ3n) is 5.11. The summed E-state index contributed by atoms with van der Waals surface area (Å²) >= 11 is 0. The van der Waals surface area contributed by atoms with Crippen LogP contribution in [0.2, 0.25) is 0 Å². The minimum Gasteiger partial charge on any atom is -0.300 e. The Morgan fingerprint density at radius 1 is 0.630 bits per heavy atom. The Balaban J connectivity index is 2.02. The minimum atomic E-state index is -1.70. The molecule has 3 aromatic rings. The van der Waals surface area contributed by atoms with Gasteiger partial charge in [0.25, 0.3) is 0 Å². The van der Waals surface area contributed by atoms with Gasteiger partial charge in [-0.1, -0.05) is 54.6 Å². The van der Waals surface area contributed by atoms with Gasteiger partial charge in [-0.3, -0.25) is 0 Å². The second-order valence-corrected chi connectivity index (χ2v) is 10.7. The smallest absolute Gasteiger partial charge is 0.129 e. The lowest BCUT2D eigenvalue weighted by atomic mass is 10.2. The van der Waals surface area contributed by atoms with Crippen molar-refractivity contribution in [1.82, 2.24) is 0 Å². The van der Waals surface area contributed by atoms with Crippen LogP contribution in [-0.4, -0.2) is 11.9 Å². The van der Waals surface area contributed by atoms with E-state index in [2.05, 4.69) is 91.0 Å². The molecular weight excluding hydrogens is 347 g/mol. The lowest BCUT2D eigenvalue weighted by Crippen LogP contribution is -2.33. The van der Waals surface area contributed by atoms with Crippen molar-refractivity contribution in [2.45, 2.75) is 32.6 Å². The number of Topliss-reactive ketones (excluding diaryl/α,β-unsaturated/α-hetero) is 1. The maximum atomic E-state index is 11.3. The molecule has 0 aromatic heterocycles. The van der Waals surface area contributed by atoms with Gasteiger partial charge in [-0.05, 0) is 62.6 Å². The van der Waals surface area contributed by atoms with E-state index in [1.54, 1.807) is 6.92 Å². The van der Waals surface area contributed by atoms with Crippen molar-refractivity contribution < 1.29 is 4.79 Å². The van der Waals surface area contributed by atoms with Crippen molar-refractivity contribution in [3.8, 4) is 0 Å². The van der Waals surface area contributed by atoms with E-state index in [4.69, 9.17) is 0 Å². The van der Waals surface area contributed by atoms with Crippen LogP contribution in [0.3, 0.4) is 0 Å². The molecule has 3 aromatic carbocycles. The molecular formula is C25H28OP+. The van der Waals surface area contributed by atoms with Crippen LogP contribution in [0.1, 0.15) is 32.6 Å². The Hall–Kier alpha value is -2.24. The topological polar surface area (TPSA) is 17.1 Å². The Morgan fingerprint density at radius 3 is 1.41 bits per heavy atom. The summed E-state index contributed by atoms with van der Waals surface area (Å²) in [6.07, 6.45) is 5.08. The standard InChI is InChI=1S/C25H28OP/c1-22(26)14-6-5-13-21-27(23-15-7-2-8-16-23,24-17-9-3-10-18-24)25-19-11-4-12-20-25/h2-4,7-12,15-20H,5-6,13-14,21H2,1H3/q+1. The molecule has 0 bridgehead atoms. The molecule has 0 N–H and O–H groups in total. The van der Waals surface area contributed by atoms with E-state index in [1.807, 2.05) is 0 Å². The van der Waals surface area contributed by atoms with Gasteiger partial charge in [0, 0.05) is 6.42 Å². The van der Waals surface area contributed by atoms with Gasteiger partial charge < -0.3 is 4.79 Å². The second kappa shape index (κ2) is 9.62. The first-order valence-corrected chi connectivity index (χ1v) is 11.8. The maximum absolute atomic E-state index is 11.3. The largest absolute Gasteiger partial charge is 0.300 e. The van der Waals surface area contributed by atoms with E-state index in [-0.39, 0.29) is 0 Å². The van der Waals surface area contributed by atoms with Gasteiger partial charge in [0.1, 0.15) is 29.0 Å². The van der Waals surface area contributed by atoms with Crippen LogP contribution in [0.15, 0.2) is 91.0 Å². The van der Waals surface area contributed by atoms with Crippen molar-refractivity contribution >= 4 is 29.0 Å². The van der Waals surface area contributed by atoms with Gasteiger partial charge in [0.05, 0.1) is 6.16 Å². The molecule has 3 rings (SSSR count). The van der Waals surface area contributed by atoms with E-state index < -0.39 is 7.26 Å². The second-order valence-electron chi connectivity index (χ2n) is 7.05. The molecule has 0 heterocycles. The summed E-state index contributed by atoms with van der Waals surface area (Å²) < 4.78 is 0. The van der Waals surface area contributed by atoms with Crippen LogP contribution < -0.4 is 15.9 Å². The monoisotopic (exact) mass is 375 g/mol. The van der Waals surface area contributed by atoms with Gasteiger partial charge in [0.2, 0.25) is 0 Å². The van der Waals surface area contributed by atoms with Crippen LogP contribution in [0.25, 0.3) is 0 Å². The number of carbonyl (C=O) groups is 1. The Morgan fingerprint density at radius 2 is 1.04 bits per heavy atom. The van der Waals surface area contributed by atoms with E-state index in [9.17, 15) is 4.79 Å². The van der Waals surface area contributed by atoms with Crippen molar-refractivity contribution in [1.29, 1.82) is 0 Å². The summed E-state index contributed by atoms with van der Waals surface area (Å²) in [6.45, 7) is 1.69. The molecule has 2 heteroatoms. The fourth-order valence-corrected chi connectivity index (χ4v) is 8.19. The van der Waals surface area contributed by atoms with Crippen LogP contribution >= 0.6 is 7.26 Å². The zero-order valence-corrected chi connectivity index (χ0v) is 16.9. The predicted octanol–water partition coefficient (Wildman–Crippen LogP) is 5.13. The molecule has 1 nitrogen and oxygen atoms in total. The van der Waals surface area contributed by atoms with Gasteiger partial charge >= 0.3 is 0 Å². The van der Waals surface area contributed by atoms with Crippen molar-refractivity contribution in [2.75, 3.05) is 6.16 Å². The predicted molar refractivity (Wildman–Crippen MR) is 119 cm³/mol. The fourth-order valence-electron chi connectivity index (χ4n) is 3.78. The Labute approximate surface area is 163 Å². The summed E-state index contributed by atoms with van der Waals surface area (Å²) in [4.78, 5) is 11.3. The number of hydrogen-bond donors (Lipinski definition) is 0.